The monoisotopic (exact) mass is 287 g/mol. The van der Waals surface area contributed by atoms with Gasteiger partial charge in [0.2, 0.25) is 0 Å². The van der Waals surface area contributed by atoms with Crippen LogP contribution in [0.2, 0.25) is 0 Å². The summed E-state index contributed by atoms with van der Waals surface area (Å²) in [4.78, 5) is 17.0. The number of benzene rings is 1. The summed E-state index contributed by atoms with van der Waals surface area (Å²) >= 11 is 0. The molecule has 2 amide bonds. The van der Waals surface area contributed by atoms with Crippen molar-refractivity contribution in [3.8, 4) is 0 Å². The van der Waals surface area contributed by atoms with Crippen molar-refractivity contribution in [2.45, 2.75) is 45.2 Å². The summed E-state index contributed by atoms with van der Waals surface area (Å²) in [5, 5.41) is 3.49. The molecule has 1 fully saturated rings. The molecular formula is C17H25N3O. The average Bonchev–Trinajstić information content (AvgIpc) is 2.87. The van der Waals surface area contributed by atoms with Gasteiger partial charge in [-0.1, -0.05) is 31.0 Å². The van der Waals surface area contributed by atoms with Crippen LogP contribution in [0.4, 0.5) is 10.5 Å². The van der Waals surface area contributed by atoms with Gasteiger partial charge in [-0.15, -0.1) is 0 Å². The Morgan fingerprint density at radius 1 is 1.14 bits per heavy atom. The molecule has 1 saturated heterocycles. The highest BCUT2D eigenvalue weighted by atomic mass is 16.2. The molecule has 1 aromatic carbocycles. The van der Waals surface area contributed by atoms with Crippen LogP contribution in [0.5, 0.6) is 0 Å². The number of nitrogens with zero attached hydrogens (tertiary/aromatic N) is 2. The number of nitrogens with one attached hydrogen (secondary N) is 1. The third-order valence-electron chi connectivity index (χ3n) is 4.49. The first kappa shape index (κ1) is 14.4. The molecular weight excluding hydrogens is 262 g/mol. The number of urea groups is 1. The van der Waals surface area contributed by atoms with E-state index in [4.69, 9.17) is 0 Å². The maximum absolute atomic E-state index is 13.0. The van der Waals surface area contributed by atoms with Crippen molar-refractivity contribution in [3.63, 3.8) is 0 Å². The van der Waals surface area contributed by atoms with Crippen LogP contribution in [0.15, 0.2) is 24.3 Å². The van der Waals surface area contributed by atoms with Gasteiger partial charge < -0.3 is 10.2 Å². The second kappa shape index (κ2) is 6.48. The highest BCUT2D eigenvalue weighted by Gasteiger charge is 2.27. The minimum atomic E-state index is 0.180. The number of hydrogen-bond donors (Lipinski definition) is 1. The van der Waals surface area contributed by atoms with Crippen molar-refractivity contribution < 1.29 is 4.79 Å². The standard InChI is InChI=1S/C17H25N3O/c1-14-13-20(16-9-5-4-8-15(16)12-18-14)17(21)19-10-6-2-3-7-11-19/h4-5,8-9,14,18H,2-3,6-7,10-13H2,1H3. The van der Waals surface area contributed by atoms with Crippen LogP contribution >= 0.6 is 0 Å². The molecule has 2 heterocycles. The SMILES string of the molecule is CC1CN(C(=O)N2CCCCCC2)c2ccccc2CN1. The molecule has 0 spiro atoms. The lowest BCUT2D eigenvalue weighted by atomic mass is 10.1. The smallest absolute Gasteiger partial charge is 0.324 e. The van der Waals surface area contributed by atoms with E-state index in [-0.39, 0.29) is 6.03 Å². The molecule has 2 aliphatic heterocycles. The minimum Gasteiger partial charge on any atom is -0.324 e. The van der Waals surface area contributed by atoms with Crippen LogP contribution in [0.1, 0.15) is 38.2 Å². The Morgan fingerprint density at radius 2 is 1.86 bits per heavy atom. The Kier molecular flexibility index (Phi) is 4.44. The summed E-state index contributed by atoms with van der Waals surface area (Å²) in [5.41, 5.74) is 2.29. The van der Waals surface area contributed by atoms with E-state index in [1.165, 1.54) is 18.4 Å². The molecule has 0 aliphatic carbocycles. The highest BCUT2D eigenvalue weighted by Crippen LogP contribution is 2.25. The van der Waals surface area contributed by atoms with Crippen LogP contribution in [-0.4, -0.2) is 36.6 Å². The normalized spacial score (nSPS) is 23.2. The number of hydrogen-bond acceptors (Lipinski definition) is 2. The highest BCUT2D eigenvalue weighted by molar-refractivity contribution is 5.93. The molecule has 0 radical (unpaired) electrons. The third kappa shape index (κ3) is 3.21. The zero-order chi connectivity index (χ0) is 14.7. The predicted octanol–water partition coefficient (Wildman–Crippen LogP) is 2.98. The molecule has 1 atom stereocenters. The zero-order valence-electron chi connectivity index (χ0n) is 12.8. The second-order valence-corrected chi connectivity index (χ2v) is 6.21. The summed E-state index contributed by atoms with van der Waals surface area (Å²) < 4.78 is 0. The lowest BCUT2D eigenvalue weighted by molar-refractivity contribution is 0.206. The van der Waals surface area contributed by atoms with E-state index >= 15 is 0 Å². The van der Waals surface area contributed by atoms with Crippen molar-refractivity contribution in [1.82, 2.24) is 10.2 Å². The summed E-state index contributed by atoms with van der Waals surface area (Å²) in [7, 11) is 0. The molecule has 1 aromatic rings. The first-order valence-electron chi connectivity index (χ1n) is 8.13. The van der Waals surface area contributed by atoms with Gasteiger partial charge in [0.1, 0.15) is 0 Å². The van der Waals surface area contributed by atoms with E-state index in [9.17, 15) is 4.79 Å². The third-order valence-corrected chi connectivity index (χ3v) is 4.49. The second-order valence-electron chi connectivity index (χ2n) is 6.21. The number of likely N-dealkylation sites (tertiary alicyclic amines) is 1. The fraction of sp³-hybridized carbons (Fsp3) is 0.588. The largest absolute Gasteiger partial charge is 0.324 e. The summed E-state index contributed by atoms with van der Waals surface area (Å²) in [6, 6.07) is 8.75. The molecule has 1 unspecified atom stereocenters. The van der Waals surface area contributed by atoms with Gasteiger partial charge in [0.15, 0.2) is 0 Å². The topological polar surface area (TPSA) is 35.6 Å². The van der Waals surface area contributed by atoms with Gasteiger partial charge in [0.25, 0.3) is 0 Å². The Morgan fingerprint density at radius 3 is 2.62 bits per heavy atom. The Labute approximate surface area is 127 Å². The molecule has 0 aromatic heterocycles. The van der Waals surface area contributed by atoms with Gasteiger partial charge in [-0.05, 0) is 31.4 Å². The average molecular weight is 287 g/mol. The maximum atomic E-state index is 13.0. The fourth-order valence-corrected chi connectivity index (χ4v) is 3.26. The van der Waals surface area contributed by atoms with Gasteiger partial charge in [0.05, 0.1) is 0 Å². The summed E-state index contributed by atoms with van der Waals surface area (Å²) in [5.74, 6) is 0. The molecule has 0 saturated carbocycles. The summed E-state index contributed by atoms with van der Waals surface area (Å²) in [6.45, 7) is 5.53. The van der Waals surface area contributed by atoms with E-state index in [0.29, 0.717) is 6.04 Å². The van der Waals surface area contributed by atoms with Crippen molar-refractivity contribution in [1.29, 1.82) is 0 Å². The van der Waals surface area contributed by atoms with Crippen LogP contribution in [0.25, 0.3) is 0 Å². The van der Waals surface area contributed by atoms with Gasteiger partial charge in [-0.3, -0.25) is 4.90 Å². The number of anilines is 1. The molecule has 2 aliphatic rings. The van der Waals surface area contributed by atoms with Crippen LogP contribution < -0.4 is 10.2 Å². The lowest BCUT2D eigenvalue weighted by Gasteiger charge is -2.31. The van der Waals surface area contributed by atoms with E-state index in [1.54, 1.807) is 0 Å². The van der Waals surface area contributed by atoms with E-state index in [2.05, 4.69) is 24.4 Å². The quantitative estimate of drug-likeness (QED) is 0.796. The number of fused-ring (bicyclic) bond motifs is 1. The predicted molar refractivity (Wildman–Crippen MR) is 85.5 cm³/mol. The van der Waals surface area contributed by atoms with Gasteiger partial charge in [-0.25, -0.2) is 4.79 Å². The Hall–Kier alpha value is -1.55. The van der Waals surface area contributed by atoms with Crippen LogP contribution in [0, 0.1) is 0 Å². The van der Waals surface area contributed by atoms with Crippen LogP contribution in [0.3, 0.4) is 0 Å². The molecule has 4 heteroatoms. The molecule has 114 valence electrons. The number of para-hydroxylation sites is 1. The van der Waals surface area contributed by atoms with Gasteiger partial charge in [-0.2, -0.15) is 0 Å². The van der Waals surface area contributed by atoms with Crippen molar-refractivity contribution in [2.24, 2.45) is 0 Å². The fourth-order valence-electron chi connectivity index (χ4n) is 3.26. The minimum absolute atomic E-state index is 0.180. The van der Waals surface area contributed by atoms with Gasteiger partial charge >= 0.3 is 6.03 Å². The first-order chi connectivity index (χ1) is 10.3. The molecule has 0 bridgehead atoms. The van der Waals surface area contributed by atoms with Crippen LogP contribution in [-0.2, 0) is 6.54 Å². The molecule has 4 nitrogen and oxygen atoms in total. The number of carbonyl (C=O) groups excluding carboxylic acids is 1. The van der Waals surface area contributed by atoms with E-state index < -0.39 is 0 Å². The first-order valence-corrected chi connectivity index (χ1v) is 8.13. The number of carbonyl (C=O) groups is 1. The molecule has 3 rings (SSSR count). The van der Waals surface area contributed by atoms with Crippen molar-refractivity contribution >= 4 is 11.7 Å². The molecule has 21 heavy (non-hydrogen) atoms. The summed E-state index contributed by atoms with van der Waals surface area (Å²) in [6.07, 6.45) is 4.76. The van der Waals surface area contributed by atoms with E-state index in [1.807, 2.05) is 21.9 Å². The van der Waals surface area contributed by atoms with Crippen molar-refractivity contribution in [3.05, 3.63) is 29.8 Å². The van der Waals surface area contributed by atoms with Gasteiger partial charge in [0, 0.05) is 37.9 Å². The van der Waals surface area contributed by atoms with Crippen molar-refractivity contribution in [2.75, 3.05) is 24.5 Å². The Bertz CT molecular complexity index is 495. The number of rotatable bonds is 0. The lowest BCUT2D eigenvalue weighted by Crippen LogP contribution is -2.47. The maximum Gasteiger partial charge on any atom is 0.324 e. The molecule has 1 N–H and O–H groups in total. The zero-order valence-corrected chi connectivity index (χ0v) is 12.8. The Balaban J connectivity index is 1.86. The number of amides is 2. The van der Waals surface area contributed by atoms with E-state index in [0.717, 1.165) is 44.7 Å².